The first kappa shape index (κ1) is 11.4. The molecule has 0 amide bonds. The summed E-state index contributed by atoms with van der Waals surface area (Å²) < 4.78 is 10.7. The maximum Gasteiger partial charge on any atom is 0.325 e. The molecular formula is C10H15O3P. The summed E-state index contributed by atoms with van der Waals surface area (Å²) in [5, 5.41) is 0. The van der Waals surface area contributed by atoms with E-state index in [1.807, 2.05) is 37.3 Å². The average molecular weight is 214 g/mol. The molecule has 0 radical (unpaired) electrons. The van der Waals surface area contributed by atoms with Gasteiger partial charge in [-0.25, -0.2) is 0 Å². The van der Waals surface area contributed by atoms with Crippen LogP contribution in [0, 0.1) is 5.92 Å². The summed E-state index contributed by atoms with van der Waals surface area (Å²) in [4.78, 5) is 17.6. The second kappa shape index (κ2) is 4.74. The van der Waals surface area contributed by atoms with Gasteiger partial charge in [0.15, 0.2) is 0 Å². The van der Waals surface area contributed by atoms with Crippen LogP contribution in [0.3, 0.4) is 0 Å². The molecule has 3 nitrogen and oxygen atoms in total. The van der Waals surface area contributed by atoms with E-state index in [4.69, 9.17) is 9.79 Å². The van der Waals surface area contributed by atoms with Crippen LogP contribution in [0.1, 0.15) is 12.5 Å². The standard InChI is InChI=1S/C10H15O3P/c1-9(8-14(11,12)13)7-10-5-3-2-4-6-10/h2-6,9H,7-8H2,1H3,(H2,11,12,13). The highest BCUT2D eigenvalue weighted by Crippen LogP contribution is 2.37. The molecule has 1 aromatic carbocycles. The molecule has 1 rings (SSSR count). The molecule has 0 fully saturated rings. The number of benzene rings is 1. The topological polar surface area (TPSA) is 57.5 Å². The molecule has 0 aliphatic rings. The van der Waals surface area contributed by atoms with Crippen LogP contribution in [0.15, 0.2) is 30.3 Å². The summed E-state index contributed by atoms with van der Waals surface area (Å²) in [7, 11) is -3.86. The normalized spacial score (nSPS) is 13.9. The van der Waals surface area contributed by atoms with Gasteiger partial charge in [0.25, 0.3) is 0 Å². The van der Waals surface area contributed by atoms with E-state index in [-0.39, 0.29) is 12.1 Å². The predicted octanol–water partition coefficient (Wildman–Crippen LogP) is 2.04. The van der Waals surface area contributed by atoms with E-state index < -0.39 is 7.60 Å². The van der Waals surface area contributed by atoms with Crippen molar-refractivity contribution in [3.05, 3.63) is 35.9 Å². The Balaban J connectivity index is 2.50. The molecule has 0 aromatic heterocycles. The van der Waals surface area contributed by atoms with Crippen LogP contribution in [-0.4, -0.2) is 15.9 Å². The fourth-order valence-corrected chi connectivity index (χ4v) is 2.43. The predicted molar refractivity (Wildman–Crippen MR) is 56.2 cm³/mol. The van der Waals surface area contributed by atoms with Gasteiger partial charge in [0, 0.05) is 0 Å². The lowest BCUT2D eigenvalue weighted by Gasteiger charge is -2.12. The molecule has 0 saturated heterocycles. The first-order valence-electron chi connectivity index (χ1n) is 4.56. The zero-order valence-corrected chi connectivity index (χ0v) is 9.02. The highest BCUT2D eigenvalue weighted by Gasteiger charge is 2.17. The maximum absolute atomic E-state index is 10.7. The molecule has 1 aromatic rings. The van der Waals surface area contributed by atoms with Gasteiger partial charge in [0.1, 0.15) is 0 Å². The lowest BCUT2D eigenvalue weighted by molar-refractivity contribution is 0.363. The quantitative estimate of drug-likeness (QED) is 0.754. The van der Waals surface area contributed by atoms with Gasteiger partial charge in [0.05, 0.1) is 6.16 Å². The third-order valence-corrected chi connectivity index (χ3v) is 3.08. The maximum atomic E-state index is 10.7. The summed E-state index contributed by atoms with van der Waals surface area (Å²) in [5.74, 6) is 0.0123. The van der Waals surface area contributed by atoms with Crippen molar-refractivity contribution < 1.29 is 14.4 Å². The second-order valence-electron chi connectivity index (χ2n) is 3.64. The van der Waals surface area contributed by atoms with Gasteiger partial charge in [-0.1, -0.05) is 37.3 Å². The van der Waals surface area contributed by atoms with Gasteiger partial charge in [0.2, 0.25) is 0 Å². The summed E-state index contributed by atoms with van der Waals surface area (Å²) in [6.07, 6.45) is 0.674. The molecular weight excluding hydrogens is 199 g/mol. The number of rotatable bonds is 4. The van der Waals surface area contributed by atoms with E-state index in [1.54, 1.807) is 0 Å². The van der Waals surface area contributed by atoms with Crippen molar-refractivity contribution in [1.82, 2.24) is 0 Å². The second-order valence-corrected chi connectivity index (χ2v) is 5.34. The minimum Gasteiger partial charge on any atom is -0.324 e. The molecule has 2 N–H and O–H groups in total. The fourth-order valence-electron chi connectivity index (χ4n) is 1.49. The van der Waals surface area contributed by atoms with E-state index >= 15 is 0 Å². The Morgan fingerprint density at radius 1 is 1.29 bits per heavy atom. The molecule has 0 spiro atoms. The number of hydrogen-bond donors (Lipinski definition) is 2. The van der Waals surface area contributed by atoms with Crippen LogP contribution in [0.25, 0.3) is 0 Å². The van der Waals surface area contributed by atoms with Crippen LogP contribution >= 0.6 is 7.60 Å². The van der Waals surface area contributed by atoms with Crippen molar-refractivity contribution in [2.75, 3.05) is 6.16 Å². The van der Waals surface area contributed by atoms with Crippen molar-refractivity contribution in [2.45, 2.75) is 13.3 Å². The number of hydrogen-bond acceptors (Lipinski definition) is 1. The molecule has 0 heterocycles. The van der Waals surface area contributed by atoms with Gasteiger partial charge >= 0.3 is 7.60 Å². The van der Waals surface area contributed by atoms with Gasteiger partial charge in [-0.05, 0) is 17.9 Å². The van der Waals surface area contributed by atoms with Gasteiger partial charge in [-0.2, -0.15) is 0 Å². The molecule has 78 valence electrons. The summed E-state index contributed by atoms with van der Waals surface area (Å²) in [6.45, 7) is 1.85. The average Bonchev–Trinajstić information content (AvgIpc) is 2.02. The zero-order chi connectivity index (χ0) is 10.6. The first-order chi connectivity index (χ1) is 6.47. The SMILES string of the molecule is CC(Cc1ccccc1)CP(=O)(O)O. The van der Waals surface area contributed by atoms with Crippen LogP contribution in [0.2, 0.25) is 0 Å². The Bertz CT molecular complexity index is 317. The van der Waals surface area contributed by atoms with Crippen molar-refractivity contribution in [3.8, 4) is 0 Å². The Morgan fingerprint density at radius 2 is 1.86 bits per heavy atom. The van der Waals surface area contributed by atoms with E-state index in [0.29, 0.717) is 6.42 Å². The Morgan fingerprint density at radius 3 is 2.36 bits per heavy atom. The Hall–Kier alpha value is -0.630. The third kappa shape index (κ3) is 4.56. The summed E-state index contributed by atoms with van der Waals surface area (Å²) >= 11 is 0. The molecule has 0 saturated carbocycles. The Labute approximate surface area is 83.9 Å². The van der Waals surface area contributed by atoms with Crippen LogP contribution in [-0.2, 0) is 11.0 Å². The smallest absolute Gasteiger partial charge is 0.324 e. The lowest BCUT2D eigenvalue weighted by atomic mass is 10.0. The molecule has 1 atom stereocenters. The largest absolute Gasteiger partial charge is 0.325 e. The lowest BCUT2D eigenvalue weighted by Crippen LogP contribution is -2.05. The molecule has 14 heavy (non-hydrogen) atoms. The third-order valence-electron chi connectivity index (χ3n) is 1.98. The van der Waals surface area contributed by atoms with E-state index in [0.717, 1.165) is 5.56 Å². The van der Waals surface area contributed by atoms with Gasteiger partial charge in [-0.15, -0.1) is 0 Å². The monoisotopic (exact) mass is 214 g/mol. The summed E-state index contributed by atoms with van der Waals surface area (Å²) in [6, 6.07) is 9.72. The highest BCUT2D eigenvalue weighted by atomic mass is 31.2. The van der Waals surface area contributed by atoms with Gasteiger partial charge < -0.3 is 9.79 Å². The molecule has 4 heteroatoms. The van der Waals surface area contributed by atoms with Crippen LogP contribution in [0.5, 0.6) is 0 Å². The Kier molecular flexibility index (Phi) is 3.87. The van der Waals surface area contributed by atoms with Crippen molar-refractivity contribution in [2.24, 2.45) is 5.92 Å². The van der Waals surface area contributed by atoms with E-state index in [9.17, 15) is 4.57 Å². The molecule has 0 aliphatic heterocycles. The van der Waals surface area contributed by atoms with Crippen molar-refractivity contribution >= 4 is 7.60 Å². The van der Waals surface area contributed by atoms with Crippen molar-refractivity contribution in [1.29, 1.82) is 0 Å². The van der Waals surface area contributed by atoms with Crippen molar-refractivity contribution in [3.63, 3.8) is 0 Å². The molecule has 0 aliphatic carbocycles. The van der Waals surface area contributed by atoms with E-state index in [2.05, 4.69) is 0 Å². The van der Waals surface area contributed by atoms with Gasteiger partial charge in [-0.3, -0.25) is 4.57 Å². The molecule has 0 bridgehead atoms. The fraction of sp³-hybridized carbons (Fsp3) is 0.400. The zero-order valence-electron chi connectivity index (χ0n) is 8.13. The summed E-state index contributed by atoms with van der Waals surface area (Å²) in [5.41, 5.74) is 1.12. The molecule has 1 unspecified atom stereocenters. The van der Waals surface area contributed by atoms with Crippen LogP contribution in [0.4, 0.5) is 0 Å². The minimum atomic E-state index is -3.86. The van der Waals surface area contributed by atoms with E-state index in [1.165, 1.54) is 0 Å². The van der Waals surface area contributed by atoms with Crippen LogP contribution < -0.4 is 0 Å². The highest BCUT2D eigenvalue weighted by molar-refractivity contribution is 7.51. The first-order valence-corrected chi connectivity index (χ1v) is 6.35. The minimum absolute atomic E-state index is 0.0123.